The Bertz CT molecular complexity index is 370. The van der Waals surface area contributed by atoms with E-state index in [0.717, 1.165) is 0 Å². The van der Waals surface area contributed by atoms with E-state index in [9.17, 15) is 4.79 Å². The highest BCUT2D eigenvalue weighted by molar-refractivity contribution is 6.52. The SMILES string of the molecule is C1CCNCC1.O=C1C=CC=C2N=CN=C12. The van der Waals surface area contributed by atoms with E-state index in [4.69, 9.17) is 0 Å². The first-order valence-corrected chi connectivity index (χ1v) is 5.62. The molecule has 84 valence electrons. The molecule has 1 aliphatic carbocycles. The second-order valence-corrected chi connectivity index (χ2v) is 3.81. The zero-order chi connectivity index (χ0) is 11.2. The molecule has 0 spiro atoms. The minimum absolute atomic E-state index is 0.0602. The zero-order valence-electron chi connectivity index (χ0n) is 9.15. The third-order valence-corrected chi connectivity index (χ3v) is 2.57. The number of carbonyl (C=O) groups excluding carboxylic acids is 1. The number of nitrogens with one attached hydrogen (secondary N) is 1. The van der Waals surface area contributed by atoms with E-state index < -0.39 is 0 Å². The first kappa shape index (κ1) is 11.0. The lowest BCUT2D eigenvalue weighted by Crippen LogP contribution is -2.21. The van der Waals surface area contributed by atoms with Gasteiger partial charge >= 0.3 is 0 Å². The average Bonchev–Trinajstić information content (AvgIpc) is 2.82. The molecule has 0 radical (unpaired) electrons. The van der Waals surface area contributed by atoms with Crippen molar-refractivity contribution in [3.05, 3.63) is 23.9 Å². The second-order valence-electron chi connectivity index (χ2n) is 3.81. The van der Waals surface area contributed by atoms with Gasteiger partial charge in [-0.1, -0.05) is 12.5 Å². The van der Waals surface area contributed by atoms with Gasteiger partial charge in [0.1, 0.15) is 12.1 Å². The van der Waals surface area contributed by atoms with Crippen molar-refractivity contribution in [3.8, 4) is 0 Å². The van der Waals surface area contributed by atoms with Crippen LogP contribution in [0.5, 0.6) is 0 Å². The predicted octanol–water partition coefficient (Wildman–Crippen LogP) is 1.25. The molecule has 4 nitrogen and oxygen atoms in total. The van der Waals surface area contributed by atoms with Crippen molar-refractivity contribution in [2.45, 2.75) is 19.3 Å². The Hall–Kier alpha value is -1.55. The summed E-state index contributed by atoms with van der Waals surface area (Å²) in [4.78, 5) is 18.6. The second kappa shape index (κ2) is 5.51. The van der Waals surface area contributed by atoms with Crippen LogP contribution in [0.1, 0.15) is 19.3 Å². The standard InChI is InChI=1S/C7H4N2O.C5H11N/c10-6-3-1-2-5-7(6)9-4-8-5;1-2-4-6-5-3-1/h1-4H;6H,1-5H2. The van der Waals surface area contributed by atoms with Crippen LogP contribution in [-0.4, -0.2) is 30.9 Å². The molecule has 0 aromatic rings. The predicted molar refractivity (Wildman–Crippen MR) is 64.9 cm³/mol. The van der Waals surface area contributed by atoms with Gasteiger partial charge in [0.05, 0.1) is 5.70 Å². The molecule has 2 heterocycles. The number of rotatable bonds is 0. The molecule has 0 atom stereocenters. The number of ketones is 1. The summed E-state index contributed by atoms with van der Waals surface area (Å²) in [6, 6.07) is 0. The van der Waals surface area contributed by atoms with Gasteiger partial charge in [0.15, 0.2) is 0 Å². The van der Waals surface area contributed by atoms with Crippen LogP contribution in [0.15, 0.2) is 33.9 Å². The lowest BCUT2D eigenvalue weighted by molar-refractivity contribution is -0.108. The summed E-state index contributed by atoms with van der Waals surface area (Å²) < 4.78 is 0. The lowest BCUT2D eigenvalue weighted by atomic mass is 10.1. The minimum atomic E-state index is -0.0602. The first-order valence-electron chi connectivity index (χ1n) is 5.62. The minimum Gasteiger partial charge on any atom is -0.317 e. The highest BCUT2D eigenvalue weighted by atomic mass is 16.1. The van der Waals surface area contributed by atoms with Gasteiger partial charge in [0, 0.05) is 0 Å². The van der Waals surface area contributed by atoms with E-state index in [1.807, 2.05) is 0 Å². The smallest absolute Gasteiger partial charge is 0.206 e. The Balaban J connectivity index is 0.000000138. The van der Waals surface area contributed by atoms with E-state index in [2.05, 4.69) is 15.3 Å². The molecule has 0 aromatic heterocycles. The molecule has 3 rings (SSSR count). The summed E-state index contributed by atoms with van der Waals surface area (Å²) in [7, 11) is 0. The molecular weight excluding hydrogens is 202 g/mol. The topological polar surface area (TPSA) is 53.8 Å². The number of aliphatic imine (C=N–C) groups is 2. The Morgan fingerprint density at radius 2 is 2.00 bits per heavy atom. The molecule has 1 N–H and O–H groups in total. The molecule has 0 bridgehead atoms. The fraction of sp³-hybridized carbons (Fsp3) is 0.417. The van der Waals surface area contributed by atoms with Crippen LogP contribution in [0.3, 0.4) is 0 Å². The van der Waals surface area contributed by atoms with Gasteiger partial charge < -0.3 is 5.32 Å². The van der Waals surface area contributed by atoms with E-state index in [0.29, 0.717) is 11.4 Å². The van der Waals surface area contributed by atoms with E-state index in [1.54, 1.807) is 12.2 Å². The molecule has 2 aliphatic heterocycles. The molecule has 4 heteroatoms. The van der Waals surface area contributed by atoms with Crippen LogP contribution < -0.4 is 5.32 Å². The zero-order valence-corrected chi connectivity index (χ0v) is 9.15. The monoisotopic (exact) mass is 217 g/mol. The Morgan fingerprint density at radius 3 is 2.56 bits per heavy atom. The molecule has 1 fully saturated rings. The molecule has 0 saturated carbocycles. The van der Waals surface area contributed by atoms with Crippen molar-refractivity contribution in [3.63, 3.8) is 0 Å². The van der Waals surface area contributed by atoms with Crippen LogP contribution in [0.2, 0.25) is 0 Å². The molecular formula is C12H15N3O. The quantitative estimate of drug-likeness (QED) is 0.621. The van der Waals surface area contributed by atoms with Crippen molar-refractivity contribution < 1.29 is 4.79 Å². The largest absolute Gasteiger partial charge is 0.317 e. The highest BCUT2D eigenvalue weighted by Gasteiger charge is 2.18. The molecule has 0 amide bonds. The van der Waals surface area contributed by atoms with Crippen molar-refractivity contribution in [2.75, 3.05) is 13.1 Å². The maximum atomic E-state index is 10.9. The molecule has 0 aromatic carbocycles. The highest BCUT2D eigenvalue weighted by Crippen LogP contribution is 2.11. The third kappa shape index (κ3) is 2.73. The van der Waals surface area contributed by atoms with E-state index in [1.165, 1.54) is 44.8 Å². The van der Waals surface area contributed by atoms with Gasteiger partial charge in [-0.25, -0.2) is 9.98 Å². The first-order chi connectivity index (χ1) is 7.88. The summed E-state index contributed by atoms with van der Waals surface area (Å²) in [6.45, 7) is 2.50. The number of hydrogen-bond acceptors (Lipinski definition) is 4. The summed E-state index contributed by atoms with van der Waals surface area (Å²) in [5, 5.41) is 3.28. The Kier molecular flexibility index (Phi) is 3.77. The van der Waals surface area contributed by atoms with Crippen LogP contribution in [0.4, 0.5) is 0 Å². The Labute approximate surface area is 94.9 Å². The molecule has 16 heavy (non-hydrogen) atoms. The molecule has 1 saturated heterocycles. The number of piperidine rings is 1. The normalized spacial score (nSPS) is 21.9. The van der Waals surface area contributed by atoms with Crippen molar-refractivity contribution in [2.24, 2.45) is 9.98 Å². The van der Waals surface area contributed by atoms with Gasteiger partial charge in [-0.05, 0) is 38.1 Å². The molecule has 0 unspecified atom stereocenters. The summed E-state index contributed by atoms with van der Waals surface area (Å²) in [5.74, 6) is -0.0602. The van der Waals surface area contributed by atoms with Crippen molar-refractivity contribution in [1.82, 2.24) is 5.32 Å². The summed E-state index contributed by atoms with van der Waals surface area (Å²) >= 11 is 0. The number of carbonyl (C=O) groups is 1. The number of fused-ring (bicyclic) bond motifs is 1. The van der Waals surface area contributed by atoms with E-state index in [-0.39, 0.29) is 5.78 Å². The van der Waals surface area contributed by atoms with Crippen molar-refractivity contribution >= 4 is 17.8 Å². The van der Waals surface area contributed by atoms with Crippen LogP contribution >= 0.6 is 0 Å². The Morgan fingerprint density at radius 1 is 1.19 bits per heavy atom. The molecule has 3 aliphatic rings. The van der Waals surface area contributed by atoms with E-state index >= 15 is 0 Å². The number of hydrogen-bond donors (Lipinski definition) is 1. The maximum Gasteiger partial charge on any atom is 0.206 e. The van der Waals surface area contributed by atoms with Crippen LogP contribution in [0.25, 0.3) is 0 Å². The van der Waals surface area contributed by atoms with Gasteiger partial charge in [-0.3, -0.25) is 4.79 Å². The van der Waals surface area contributed by atoms with Crippen LogP contribution in [0, 0.1) is 0 Å². The van der Waals surface area contributed by atoms with Gasteiger partial charge in [-0.2, -0.15) is 0 Å². The maximum absolute atomic E-state index is 10.9. The van der Waals surface area contributed by atoms with Gasteiger partial charge in [0.25, 0.3) is 0 Å². The number of nitrogens with zero attached hydrogens (tertiary/aromatic N) is 2. The average molecular weight is 217 g/mol. The fourth-order valence-corrected chi connectivity index (χ4v) is 1.70. The lowest BCUT2D eigenvalue weighted by Gasteiger charge is -2.08. The summed E-state index contributed by atoms with van der Waals surface area (Å²) in [6.07, 6.45) is 10.5. The van der Waals surface area contributed by atoms with Gasteiger partial charge in [0.2, 0.25) is 5.78 Å². The summed E-state index contributed by atoms with van der Waals surface area (Å²) in [5.41, 5.74) is 1.13. The third-order valence-electron chi connectivity index (χ3n) is 2.57. The van der Waals surface area contributed by atoms with Gasteiger partial charge in [-0.15, -0.1) is 0 Å². The number of allylic oxidation sites excluding steroid dienone is 4. The fourth-order valence-electron chi connectivity index (χ4n) is 1.70. The van der Waals surface area contributed by atoms with Crippen molar-refractivity contribution in [1.29, 1.82) is 0 Å². The van der Waals surface area contributed by atoms with Crippen LogP contribution in [-0.2, 0) is 4.79 Å².